The smallest absolute Gasteiger partial charge is 0.118 e. The van der Waals surface area contributed by atoms with Crippen LogP contribution in [0.3, 0.4) is 0 Å². The van der Waals surface area contributed by atoms with E-state index in [0.717, 1.165) is 12.0 Å². The van der Waals surface area contributed by atoms with Crippen LogP contribution >= 0.6 is 0 Å². The summed E-state index contributed by atoms with van der Waals surface area (Å²) >= 11 is 0. The molecule has 0 unspecified atom stereocenters. The summed E-state index contributed by atoms with van der Waals surface area (Å²) in [4.78, 5) is 0. The van der Waals surface area contributed by atoms with Crippen molar-refractivity contribution in [2.75, 3.05) is 0 Å². The zero-order valence-electron chi connectivity index (χ0n) is 10.3. The Bertz CT molecular complexity index is 458. The lowest BCUT2D eigenvalue weighted by molar-refractivity contribution is 0.0594. The fraction of sp³-hybridized carbons (Fsp3) is 0.333. The minimum absolute atomic E-state index is 0.112. The fourth-order valence-corrected chi connectivity index (χ4v) is 2.02. The molecule has 0 amide bonds. The van der Waals surface area contributed by atoms with Crippen molar-refractivity contribution in [2.24, 2.45) is 0 Å². The number of aryl methyl sites for hydroxylation is 1. The number of phenolic OH excluding ortho intramolecular Hbond substituents is 1. The van der Waals surface area contributed by atoms with Crippen molar-refractivity contribution < 1.29 is 9.84 Å². The molecule has 0 bridgehead atoms. The molecule has 1 aromatic rings. The number of hydrogen-bond acceptors (Lipinski definition) is 2. The summed E-state index contributed by atoms with van der Waals surface area (Å²) in [7, 11) is 0. The van der Waals surface area contributed by atoms with Crippen LogP contribution < -0.4 is 0 Å². The molecule has 2 nitrogen and oxygen atoms in total. The van der Waals surface area contributed by atoms with Gasteiger partial charge in [0.25, 0.3) is 0 Å². The SMILES string of the molecule is C/C=C/C=C[C@@H]1Cc2cc(O)c(C)cc2CO1. The van der Waals surface area contributed by atoms with Crippen molar-refractivity contribution >= 4 is 0 Å². The molecule has 2 heteroatoms. The van der Waals surface area contributed by atoms with E-state index in [0.29, 0.717) is 12.4 Å². The molecule has 1 heterocycles. The minimum atomic E-state index is 0.112. The van der Waals surface area contributed by atoms with Crippen LogP contribution in [0, 0.1) is 6.92 Å². The predicted molar refractivity (Wildman–Crippen MR) is 69.1 cm³/mol. The number of fused-ring (bicyclic) bond motifs is 1. The largest absolute Gasteiger partial charge is 0.508 e. The number of ether oxygens (including phenoxy) is 1. The second-order valence-corrected chi connectivity index (χ2v) is 4.37. The normalized spacial score (nSPS) is 20.0. The molecule has 1 atom stereocenters. The Morgan fingerprint density at radius 3 is 2.88 bits per heavy atom. The molecular formula is C15H18O2. The van der Waals surface area contributed by atoms with Gasteiger partial charge in [-0.05, 0) is 42.7 Å². The molecule has 0 fully saturated rings. The lowest BCUT2D eigenvalue weighted by atomic mass is 9.96. The van der Waals surface area contributed by atoms with Gasteiger partial charge in [0.1, 0.15) is 5.75 Å². The fourth-order valence-electron chi connectivity index (χ4n) is 2.02. The standard InChI is InChI=1S/C15H18O2/c1-3-4-5-6-14-8-12-9-15(16)11(2)7-13(12)10-17-14/h3-7,9,14,16H,8,10H2,1-2H3/b4-3+,6-5?/t14-/m1/s1. The van der Waals surface area contributed by atoms with Crippen LogP contribution in [-0.2, 0) is 17.8 Å². The Hall–Kier alpha value is -1.54. The van der Waals surface area contributed by atoms with Crippen molar-refractivity contribution in [3.8, 4) is 5.75 Å². The molecule has 1 aliphatic rings. The van der Waals surface area contributed by atoms with Gasteiger partial charge in [0.2, 0.25) is 0 Å². The highest BCUT2D eigenvalue weighted by Crippen LogP contribution is 2.27. The van der Waals surface area contributed by atoms with E-state index in [2.05, 4.69) is 6.08 Å². The molecule has 0 aromatic heterocycles. The van der Waals surface area contributed by atoms with Crippen molar-refractivity contribution in [3.63, 3.8) is 0 Å². The van der Waals surface area contributed by atoms with Gasteiger partial charge in [0.05, 0.1) is 12.7 Å². The monoisotopic (exact) mass is 230 g/mol. The molecule has 1 N–H and O–H groups in total. The van der Waals surface area contributed by atoms with Gasteiger partial charge >= 0.3 is 0 Å². The summed E-state index contributed by atoms with van der Waals surface area (Å²) in [6.45, 7) is 4.52. The van der Waals surface area contributed by atoms with E-state index in [9.17, 15) is 5.11 Å². The van der Waals surface area contributed by atoms with E-state index in [1.807, 2.05) is 44.2 Å². The van der Waals surface area contributed by atoms with E-state index >= 15 is 0 Å². The van der Waals surface area contributed by atoms with Crippen LogP contribution in [0.25, 0.3) is 0 Å². The van der Waals surface area contributed by atoms with Gasteiger partial charge in [0.15, 0.2) is 0 Å². The lowest BCUT2D eigenvalue weighted by Gasteiger charge is -2.23. The molecule has 90 valence electrons. The van der Waals surface area contributed by atoms with Crippen LogP contribution in [0.2, 0.25) is 0 Å². The molecule has 0 saturated heterocycles. The Morgan fingerprint density at radius 1 is 1.29 bits per heavy atom. The Morgan fingerprint density at radius 2 is 2.12 bits per heavy atom. The van der Waals surface area contributed by atoms with Crippen LogP contribution in [0.15, 0.2) is 36.4 Å². The summed E-state index contributed by atoms with van der Waals surface area (Å²) in [5, 5.41) is 9.71. The minimum Gasteiger partial charge on any atom is -0.508 e. The van der Waals surface area contributed by atoms with E-state index in [1.165, 1.54) is 11.1 Å². The van der Waals surface area contributed by atoms with E-state index < -0.39 is 0 Å². The van der Waals surface area contributed by atoms with Crippen LogP contribution in [0.4, 0.5) is 0 Å². The van der Waals surface area contributed by atoms with Crippen LogP contribution in [0.1, 0.15) is 23.6 Å². The third-order valence-electron chi connectivity index (χ3n) is 3.02. The highest BCUT2D eigenvalue weighted by atomic mass is 16.5. The summed E-state index contributed by atoms with van der Waals surface area (Å²) in [6, 6.07) is 3.88. The van der Waals surface area contributed by atoms with Crippen molar-refractivity contribution in [1.82, 2.24) is 0 Å². The molecule has 0 radical (unpaired) electrons. The van der Waals surface area contributed by atoms with E-state index in [4.69, 9.17) is 4.74 Å². The maximum atomic E-state index is 9.71. The second kappa shape index (κ2) is 5.19. The van der Waals surface area contributed by atoms with Gasteiger partial charge in [-0.25, -0.2) is 0 Å². The van der Waals surface area contributed by atoms with Gasteiger partial charge < -0.3 is 9.84 Å². The highest BCUT2D eigenvalue weighted by Gasteiger charge is 2.18. The lowest BCUT2D eigenvalue weighted by Crippen LogP contribution is -2.20. The number of allylic oxidation sites excluding steroid dienone is 3. The van der Waals surface area contributed by atoms with Crippen LogP contribution in [0.5, 0.6) is 5.75 Å². The van der Waals surface area contributed by atoms with E-state index in [1.54, 1.807) is 0 Å². The first-order chi connectivity index (χ1) is 8.20. The van der Waals surface area contributed by atoms with E-state index in [-0.39, 0.29) is 6.10 Å². The molecule has 17 heavy (non-hydrogen) atoms. The van der Waals surface area contributed by atoms with Crippen molar-refractivity contribution in [3.05, 3.63) is 53.1 Å². The average molecular weight is 230 g/mol. The molecule has 0 saturated carbocycles. The number of phenols is 1. The summed E-state index contributed by atoms with van der Waals surface area (Å²) in [5.41, 5.74) is 3.29. The summed E-state index contributed by atoms with van der Waals surface area (Å²) in [5.74, 6) is 0.377. The van der Waals surface area contributed by atoms with Crippen LogP contribution in [-0.4, -0.2) is 11.2 Å². The number of aromatic hydroxyl groups is 1. The number of rotatable bonds is 2. The summed E-state index contributed by atoms with van der Waals surface area (Å²) in [6.07, 6.45) is 8.98. The van der Waals surface area contributed by atoms with Gasteiger partial charge in [-0.15, -0.1) is 0 Å². The third kappa shape index (κ3) is 2.77. The topological polar surface area (TPSA) is 29.5 Å². The van der Waals surface area contributed by atoms with Crippen molar-refractivity contribution in [1.29, 1.82) is 0 Å². The molecule has 0 aliphatic carbocycles. The third-order valence-corrected chi connectivity index (χ3v) is 3.02. The van der Waals surface area contributed by atoms with Gasteiger partial charge in [-0.1, -0.05) is 24.3 Å². The second-order valence-electron chi connectivity index (χ2n) is 4.37. The quantitative estimate of drug-likeness (QED) is 0.790. The van der Waals surface area contributed by atoms with Gasteiger partial charge in [-0.2, -0.15) is 0 Å². The van der Waals surface area contributed by atoms with Gasteiger partial charge in [0, 0.05) is 6.42 Å². The average Bonchev–Trinajstić information content (AvgIpc) is 2.31. The summed E-state index contributed by atoms with van der Waals surface area (Å²) < 4.78 is 5.74. The molecule has 0 spiro atoms. The van der Waals surface area contributed by atoms with Gasteiger partial charge in [-0.3, -0.25) is 0 Å². The number of benzene rings is 1. The number of hydrogen-bond donors (Lipinski definition) is 1. The Labute approximate surface area is 102 Å². The zero-order chi connectivity index (χ0) is 12.3. The Balaban J connectivity index is 2.16. The molecule has 1 aliphatic heterocycles. The Kier molecular flexibility index (Phi) is 3.64. The first-order valence-electron chi connectivity index (χ1n) is 5.93. The van der Waals surface area contributed by atoms with Crippen molar-refractivity contribution in [2.45, 2.75) is 33.0 Å². The zero-order valence-corrected chi connectivity index (χ0v) is 10.3. The first kappa shape index (κ1) is 11.9. The first-order valence-corrected chi connectivity index (χ1v) is 5.93. The molecular weight excluding hydrogens is 212 g/mol. The molecule has 1 aromatic carbocycles. The molecule has 2 rings (SSSR count). The predicted octanol–water partition coefficient (Wildman–Crippen LogP) is 3.27. The highest BCUT2D eigenvalue weighted by molar-refractivity contribution is 5.42. The maximum absolute atomic E-state index is 9.71. The maximum Gasteiger partial charge on any atom is 0.118 e.